The van der Waals surface area contributed by atoms with Crippen LogP contribution in [-0.4, -0.2) is 28.0 Å². The fourth-order valence-electron chi connectivity index (χ4n) is 5.11. The predicted molar refractivity (Wildman–Crippen MR) is 129 cm³/mol. The first-order valence-electron chi connectivity index (χ1n) is 11.0. The highest BCUT2D eigenvalue weighted by molar-refractivity contribution is 6.02. The van der Waals surface area contributed by atoms with Gasteiger partial charge in [0.1, 0.15) is 5.75 Å². The minimum Gasteiger partial charge on any atom is -0.497 e. The number of benzene rings is 3. The van der Waals surface area contributed by atoms with Crippen LogP contribution in [0.5, 0.6) is 5.75 Å². The van der Waals surface area contributed by atoms with E-state index in [2.05, 4.69) is 74.9 Å². The van der Waals surface area contributed by atoms with Crippen molar-refractivity contribution in [3.8, 4) is 17.0 Å². The maximum absolute atomic E-state index is 13.6. The molecule has 5 rings (SSSR count). The molecule has 1 aliphatic rings. The molecule has 0 fully saturated rings. The summed E-state index contributed by atoms with van der Waals surface area (Å²) >= 11 is 0. The van der Waals surface area contributed by atoms with E-state index in [0.717, 1.165) is 44.6 Å². The molecule has 3 aromatic carbocycles. The summed E-state index contributed by atoms with van der Waals surface area (Å²) in [6.45, 7) is 6.33. The number of hydrogen-bond acceptors (Lipinski definition) is 2. The van der Waals surface area contributed by atoms with Gasteiger partial charge in [-0.2, -0.15) is 0 Å². The van der Waals surface area contributed by atoms with Gasteiger partial charge in [-0.15, -0.1) is 0 Å². The van der Waals surface area contributed by atoms with Gasteiger partial charge in [0.25, 0.3) is 5.91 Å². The second-order valence-corrected chi connectivity index (χ2v) is 9.41. The summed E-state index contributed by atoms with van der Waals surface area (Å²) in [6.07, 6.45) is 0. The van der Waals surface area contributed by atoms with E-state index in [9.17, 15) is 4.79 Å². The number of methoxy groups -OCH3 is 1. The molecule has 1 atom stereocenters. The minimum absolute atomic E-state index is 0.0858. The number of amides is 1. The van der Waals surface area contributed by atoms with Crippen molar-refractivity contribution in [2.24, 2.45) is 7.05 Å². The Hall–Kier alpha value is -3.53. The van der Waals surface area contributed by atoms with Gasteiger partial charge in [-0.1, -0.05) is 48.5 Å². The molecule has 162 valence electrons. The maximum Gasteiger partial charge on any atom is 0.255 e. The molecule has 32 heavy (non-hydrogen) atoms. The number of aromatic nitrogens is 1. The summed E-state index contributed by atoms with van der Waals surface area (Å²) in [5.41, 5.74) is 5.99. The number of para-hydroxylation sites is 1. The summed E-state index contributed by atoms with van der Waals surface area (Å²) in [6, 6.07) is 24.5. The minimum atomic E-state index is -0.344. The van der Waals surface area contributed by atoms with E-state index < -0.39 is 0 Å². The van der Waals surface area contributed by atoms with Gasteiger partial charge >= 0.3 is 0 Å². The van der Waals surface area contributed by atoms with E-state index in [1.807, 2.05) is 35.2 Å². The van der Waals surface area contributed by atoms with Crippen molar-refractivity contribution >= 4 is 16.8 Å². The summed E-state index contributed by atoms with van der Waals surface area (Å²) in [4.78, 5) is 15.7. The molecule has 1 unspecified atom stereocenters. The zero-order valence-corrected chi connectivity index (χ0v) is 19.2. The number of aryl methyl sites for hydroxylation is 1. The molecule has 0 spiro atoms. The topological polar surface area (TPSA) is 34.5 Å². The Labute approximate surface area is 189 Å². The highest BCUT2D eigenvalue weighted by atomic mass is 16.5. The quantitative estimate of drug-likeness (QED) is 0.393. The van der Waals surface area contributed by atoms with Crippen molar-refractivity contribution in [3.05, 3.63) is 89.5 Å². The molecule has 1 amide bonds. The smallest absolute Gasteiger partial charge is 0.255 e. The third-order valence-electron chi connectivity index (χ3n) is 6.45. The highest BCUT2D eigenvalue weighted by Crippen LogP contribution is 2.48. The first-order chi connectivity index (χ1) is 15.3. The van der Waals surface area contributed by atoms with Gasteiger partial charge < -0.3 is 14.2 Å². The van der Waals surface area contributed by atoms with Gasteiger partial charge in [0, 0.05) is 40.2 Å². The number of carbonyl (C=O) groups is 1. The largest absolute Gasteiger partial charge is 0.497 e. The van der Waals surface area contributed by atoms with Crippen LogP contribution in [0.15, 0.2) is 72.8 Å². The normalized spacial score (nSPS) is 16.0. The van der Waals surface area contributed by atoms with Gasteiger partial charge in [-0.25, -0.2) is 0 Å². The molecule has 0 saturated heterocycles. The van der Waals surface area contributed by atoms with Gasteiger partial charge in [0.15, 0.2) is 0 Å². The molecule has 4 heteroatoms. The van der Waals surface area contributed by atoms with E-state index in [4.69, 9.17) is 4.74 Å². The lowest BCUT2D eigenvalue weighted by Gasteiger charge is -2.38. The summed E-state index contributed by atoms with van der Waals surface area (Å²) in [7, 11) is 3.79. The van der Waals surface area contributed by atoms with Crippen molar-refractivity contribution in [2.45, 2.75) is 32.4 Å². The third kappa shape index (κ3) is 2.94. The van der Waals surface area contributed by atoms with E-state index in [1.54, 1.807) is 7.11 Å². The second kappa shape index (κ2) is 7.27. The first-order valence-corrected chi connectivity index (χ1v) is 11.0. The van der Waals surface area contributed by atoms with Crippen molar-refractivity contribution < 1.29 is 9.53 Å². The van der Waals surface area contributed by atoms with E-state index in [1.165, 1.54) is 0 Å². The highest BCUT2D eigenvalue weighted by Gasteiger charge is 2.45. The lowest BCUT2D eigenvalue weighted by atomic mass is 9.91. The van der Waals surface area contributed by atoms with Gasteiger partial charge in [-0.05, 0) is 50.6 Å². The Balaban J connectivity index is 1.89. The van der Waals surface area contributed by atoms with Crippen LogP contribution >= 0.6 is 0 Å². The van der Waals surface area contributed by atoms with Crippen molar-refractivity contribution in [1.29, 1.82) is 0 Å². The van der Waals surface area contributed by atoms with Gasteiger partial charge in [0.2, 0.25) is 0 Å². The van der Waals surface area contributed by atoms with Crippen LogP contribution in [0.4, 0.5) is 0 Å². The molecule has 1 aromatic heterocycles. The zero-order valence-electron chi connectivity index (χ0n) is 19.2. The number of ether oxygens (including phenoxy) is 1. The van der Waals surface area contributed by atoms with Crippen molar-refractivity contribution in [2.75, 3.05) is 7.11 Å². The zero-order chi connectivity index (χ0) is 22.6. The maximum atomic E-state index is 13.6. The standard InChI is InChI=1S/C28H28N2O2/c1-28(2,3)30-26(20-13-6-7-14-21(20)27(30)31)24-22-15-8-9-16-23(22)29(4)25(24)18-11-10-12-19(17-18)32-5/h6-17,26H,1-5H3. The lowest BCUT2D eigenvalue weighted by Crippen LogP contribution is -2.44. The fourth-order valence-corrected chi connectivity index (χ4v) is 5.11. The van der Waals surface area contributed by atoms with Crippen LogP contribution in [0.2, 0.25) is 0 Å². The molecular weight excluding hydrogens is 396 g/mol. The Morgan fingerprint density at radius 3 is 2.38 bits per heavy atom. The number of hydrogen-bond donors (Lipinski definition) is 0. The average Bonchev–Trinajstić information content (AvgIpc) is 3.25. The van der Waals surface area contributed by atoms with Crippen LogP contribution in [0.3, 0.4) is 0 Å². The van der Waals surface area contributed by atoms with Crippen LogP contribution in [0.25, 0.3) is 22.2 Å². The molecular formula is C28H28N2O2. The van der Waals surface area contributed by atoms with E-state index >= 15 is 0 Å². The molecule has 2 heterocycles. The fraction of sp³-hybridized carbons (Fsp3) is 0.250. The number of nitrogens with zero attached hydrogens (tertiary/aromatic N) is 2. The van der Waals surface area contributed by atoms with Crippen LogP contribution < -0.4 is 4.74 Å². The monoisotopic (exact) mass is 424 g/mol. The third-order valence-corrected chi connectivity index (χ3v) is 6.45. The van der Waals surface area contributed by atoms with Gasteiger partial charge in [-0.3, -0.25) is 4.79 Å². The molecule has 0 aliphatic carbocycles. The molecule has 4 aromatic rings. The van der Waals surface area contributed by atoms with Crippen LogP contribution in [-0.2, 0) is 7.05 Å². The molecule has 0 saturated carbocycles. The van der Waals surface area contributed by atoms with Crippen LogP contribution in [0, 0.1) is 0 Å². The number of fused-ring (bicyclic) bond motifs is 2. The Kier molecular flexibility index (Phi) is 4.63. The van der Waals surface area contributed by atoms with E-state index in [0.29, 0.717) is 0 Å². The average molecular weight is 425 g/mol. The Morgan fingerprint density at radius 2 is 1.62 bits per heavy atom. The summed E-state index contributed by atoms with van der Waals surface area (Å²) in [5.74, 6) is 0.900. The number of rotatable bonds is 3. The summed E-state index contributed by atoms with van der Waals surface area (Å²) in [5, 5.41) is 1.16. The SMILES string of the molecule is COc1cccc(-c2c(C3c4ccccc4C(=O)N3C(C)(C)C)c3ccccc3n2C)c1. The molecule has 4 nitrogen and oxygen atoms in total. The molecule has 0 radical (unpaired) electrons. The first kappa shape index (κ1) is 20.4. The lowest BCUT2D eigenvalue weighted by molar-refractivity contribution is 0.0554. The molecule has 0 bridgehead atoms. The van der Waals surface area contributed by atoms with Crippen LogP contribution in [0.1, 0.15) is 48.3 Å². The predicted octanol–water partition coefficient (Wildman–Crippen LogP) is 6.20. The Morgan fingerprint density at radius 1 is 0.906 bits per heavy atom. The molecule has 1 aliphatic heterocycles. The van der Waals surface area contributed by atoms with Gasteiger partial charge in [0.05, 0.1) is 18.8 Å². The van der Waals surface area contributed by atoms with E-state index in [-0.39, 0.29) is 17.5 Å². The molecule has 0 N–H and O–H groups in total. The van der Waals surface area contributed by atoms with Crippen molar-refractivity contribution in [3.63, 3.8) is 0 Å². The van der Waals surface area contributed by atoms with Crippen molar-refractivity contribution in [1.82, 2.24) is 9.47 Å². The summed E-state index contributed by atoms with van der Waals surface area (Å²) < 4.78 is 7.77. The number of carbonyl (C=O) groups excluding carboxylic acids is 1. The Bertz CT molecular complexity index is 1340. The second-order valence-electron chi connectivity index (χ2n) is 9.41.